The molecule has 13 heavy (non-hydrogen) atoms. The average molecular weight is 239 g/mol. The number of halogens is 2. The molecule has 0 N–H and O–H groups in total. The maximum Gasteiger partial charge on any atom is 0.0897 e. The molecule has 0 radical (unpaired) electrons. The quantitative estimate of drug-likeness (QED) is 0.565. The lowest BCUT2D eigenvalue weighted by Crippen LogP contribution is -2.37. The number of rotatable bonds is 1. The molecule has 3 heteroatoms. The summed E-state index contributed by atoms with van der Waals surface area (Å²) in [6.07, 6.45) is 4.07. The summed E-state index contributed by atoms with van der Waals surface area (Å²) in [5, 5.41) is 0. The highest BCUT2D eigenvalue weighted by atomic mass is 35.9. The highest BCUT2D eigenvalue weighted by molar-refractivity contribution is 8.04. The molecule has 0 nitrogen and oxygen atoms in total. The van der Waals surface area contributed by atoms with E-state index < -0.39 is 6.63 Å². The van der Waals surface area contributed by atoms with E-state index in [1.165, 1.54) is 19.3 Å². The fourth-order valence-electron chi connectivity index (χ4n) is 3.76. The molecule has 0 aromatic carbocycles. The molecule has 2 rings (SSSR count). The van der Waals surface area contributed by atoms with Gasteiger partial charge in [0.1, 0.15) is 0 Å². The van der Waals surface area contributed by atoms with E-state index in [0.29, 0.717) is 16.5 Å². The van der Waals surface area contributed by atoms with Crippen molar-refractivity contribution in [3.05, 3.63) is 0 Å². The number of hydrogen-bond acceptors (Lipinski definition) is 0. The van der Waals surface area contributed by atoms with Gasteiger partial charge in [-0.2, -0.15) is 0 Å². The summed E-state index contributed by atoms with van der Waals surface area (Å²) in [5.41, 5.74) is 1.38. The lowest BCUT2D eigenvalue weighted by molar-refractivity contribution is 0.193. The van der Waals surface area contributed by atoms with Crippen LogP contribution < -0.4 is 0 Å². The van der Waals surface area contributed by atoms with Gasteiger partial charge in [-0.15, -0.1) is 0 Å². The van der Waals surface area contributed by atoms with Crippen molar-refractivity contribution in [3.8, 4) is 0 Å². The van der Waals surface area contributed by atoms with E-state index in [9.17, 15) is 0 Å². The Hall–Kier alpha value is 1.01. The van der Waals surface area contributed by atoms with Crippen LogP contribution in [-0.4, -0.2) is 5.66 Å². The van der Waals surface area contributed by atoms with Crippen molar-refractivity contribution in [1.29, 1.82) is 0 Å². The third-order valence-electron chi connectivity index (χ3n) is 4.39. The topological polar surface area (TPSA) is 0 Å². The van der Waals surface area contributed by atoms with Crippen LogP contribution >= 0.6 is 29.1 Å². The Labute approximate surface area is 91.7 Å². The first kappa shape index (κ1) is 10.5. The minimum atomic E-state index is -0.808. The second-order valence-electron chi connectivity index (χ2n) is 5.58. The fourth-order valence-corrected chi connectivity index (χ4v) is 8.11. The van der Waals surface area contributed by atoms with Crippen LogP contribution in [0.1, 0.15) is 40.0 Å². The van der Waals surface area contributed by atoms with Gasteiger partial charge in [-0.1, -0.05) is 43.3 Å². The van der Waals surface area contributed by atoms with Crippen molar-refractivity contribution >= 4 is 29.1 Å². The highest BCUT2D eigenvalue weighted by Crippen LogP contribution is 2.74. The highest BCUT2D eigenvalue weighted by Gasteiger charge is 2.61. The van der Waals surface area contributed by atoms with Gasteiger partial charge in [0, 0.05) is 5.66 Å². The molecule has 0 amide bonds. The van der Waals surface area contributed by atoms with Gasteiger partial charge >= 0.3 is 0 Å². The normalized spacial score (nSPS) is 47.5. The summed E-state index contributed by atoms with van der Waals surface area (Å²) in [6, 6.07) is 0. The van der Waals surface area contributed by atoms with E-state index in [-0.39, 0.29) is 0 Å². The monoisotopic (exact) mass is 238 g/mol. The molecule has 0 heterocycles. The summed E-state index contributed by atoms with van der Waals surface area (Å²) >= 11 is 12.4. The van der Waals surface area contributed by atoms with Crippen LogP contribution in [0, 0.1) is 16.7 Å². The van der Waals surface area contributed by atoms with Gasteiger partial charge in [0.2, 0.25) is 0 Å². The molecule has 2 aliphatic rings. The van der Waals surface area contributed by atoms with E-state index in [0.717, 1.165) is 5.92 Å². The smallest absolute Gasteiger partial charge is 0.0778 e. The molecule has 2 fully saturated rings. The summed E-state index contributed by atoms with van der Waals surface area (Å²) in [6.45, 7) is 6.28. The molecule has 0 aliphatic heterocycles. The van der Waals surface area contributed by atoms with Crippen molar-refractivity contribution in [2.45, 2.75) is 45.7 Å². The summed E-state index contributed by atoms with van der Waals surface area (Å²) < 4.78 is 0. The van der Waals surface area contributed by atoms with Crippen molar-refractivity contribution in [2.24, 2.45) is 16.7 Å². The van der Waals surface area contributed by atoms with E-state index in [4.69, 9.17) is 22.5 Å². The maximum absolute atomic E-state index is 6.18. The molecule has 2 saturated carbocycles. The molecule has 2 bridgehead atoms. The van der Waals surface area contributed by atoms with E-state index in [1.807, 2.05) is 0 Å². The zero-order valence-electron chi connectivity index (χ0n) is 8.48. The van der Waals surface area contributed by atoms with E-state index in [2.05, 4.69) is 20.8 Å². The largest absolute Gasteiger partial charge is 0.0897 e. The predicted octanol–water partition coefficient (Wildman–Crippen LogP) is 4.99. The molecule has 0 spiro atoms. The minimum Gasteiger partial charge on any atom is -0.0778 e. The zero-order valence-corrected chi connectivity index (χ0v) is 10.9. The van der Waals surface area contributed by atoms with Crippen molar-refractivity contribution in [2.75, 3.05) is 0 Å². The van der Waals surface area contributed by atoms with Crippen LogP contribution in [0.2, 0.25) is 0 Å². The third kappa shape index (κ3) is 1.36. The van der Waals surface area contributed by atoms with Gasteiger partial charge in [0.05, 0.1) is 6.63 Å². The molecule has 0 saturated heterocycles. The molecule has 0 aromatic rings. The van der Waals surface area contributed by atoms with Crippen LogP contribution in [0.25, 0.3) is 0 Å². The average Bonchev–Trinajstić information content (AvgIpc) is 2.36. The van der Waals surface area contributed by atoms with Crippen LogP contribution in [-0.2, 0) is 0 Å². The first-order chi connectivity index (χ1) is 5.88. The van der Waals surface area contributed by atoms with Gasteiger partial charge in [-0.25, -0.2) is 0 Å². The van der Waals surface area contributed by atoms with E-state index >= 15 is 0 Å². The van der Waals surface area contributed by atoms with Crippen LogP contribution in [0.4, 0.5) is 0 Å². The second-order valence-corrected chi connectivity index (χ2v) is 9.32. The zero-order chi connectivity index (χ0) is 9.85. The summed E-state index contributed by atoms with van der Waals surface area (Å²) in [5.74, 6) is 0.866. The SMILES string of the molecule is CC1(C)[C@H]2CC[C@@](C)(C2)[C@@H]1P(Cl)Cl. The van der Waals surface area contributed by atoms with Gasteiger partial charge in [-0.3, -0.25) is 0 Å². The van der Waals surface area contributed by atoms with Gasteiger partial charge in [-0.05, 0) is 36.0 Å². The fraction of sp³-hybridized carbons (Fsp3) is 1.00. The predicted molar refractivity (Wildman–Crippen MR) is 61.6 cm³/mol. The van der Waals surface area contributed by atoms with Crippen LogP contribution in [0.5, 0.6) is 0 Å². The van der Waals surface area contributed by atoms with Crippen molar-refractivity contribution in [1.82, 2.24) is 0 Å². The molecule has 3 atom stereocenters. The first-order valence-corrected chi connectivity index (χ1v) is 8.21. The maximum atomic E-state index is 6.18. The van der Waals surface area contributed by atoms with Crippen molar-refractivity contribution < 1.29 is 0 Å². The Kier molecular flexibility index (Phi) is 2.43. The van der Waals surface area contributed by atoms with Crippen LogP contribution in [0.15, 0.2) is 0 Å². The molecule has 76 valence electrons. The van der Waals surface area contributed by atoms with E-state index in [1.54, 1.807) is 0 Å². The molecular formula is C10H17Cl2P. The standard InChI is InChI=1S/C10H17Cl2P/c1-9(2)7-4-5-10(3,6-7)8(9)13(11)12/h7-8H,4-6H2,1-3H3/t7-,8+,10-/m0/s1. The molecular weight excluding hydrogens is 222 g/mol. The Morgan fingerprint density at radius 2 is 1.85 bits per heavy atom. The van der Waals surface area contributed by atoms with Crippen LogP contribution in [0.3, 0.4) is 0 Å². The molecule has 0 unspecified atom stereocenters. The molecule has 0 aromatic heterocycles. The van der Waals surface area contributed by atoms with Gasteiger partial charge in [0.25, 0.3) is 0 Å². The van der Waals surface area contributed by atoms with Crippen molar-refractivity contribution in [3.63, 3.8) is 0 Å². The Morgan fingerprint density at radius 3 is 2.15 bits per heavy atom. The number of hydrogen-bond donors (Lipinski definition) is 0. The lowest BCUT2D eigenvalue weighted by Gasteiger charge is -2.43. The minimum absolute atomic E-state index is 0.377. The second kappa shape index (κ2) is 3.00. The lowest BCUT2D eigenvalue weighted by atomic mass is 9.72. The summed E-state index contributed by atoms with van der Waals surface area (Å²) in [7, 11) is 0. The Morgan fingerprint density at radius 1 is 1.23 bits per heavy atom. The van der Waals surface area contributed by atoms with Gasteiger partial charge in [0.15, 0.2) is 0 Å². The summed E-state index contributed by atoms with van der Waals surface area (Å²) in [4.78, 5) is 0. The molecule has 2 aliphatic carbocycles. The number of fused-ring (bicyclic) bond motifs is 2. The Balaban J connectivity index is 2.34. The Bertz CT molecular complexity index is 222. The first-order valence-electron chi connectivity index (χ1n) is 4.99. The van der Waals surface area contributed by atoms with Gasteiger partial charge < -0.3 is 0 Å². The third-order valence-corrected chi connectivity index (χ3v) is 7.24.